The first-order valence-electron chi connectivity index (χ1n) is 11.0. The van der Waals surface area contributed by atoms with E-state index < -0.39 is 5.92 Å². The summed E-state index contributed by atoms with van der Waals surface area (Å²) in [6, 6.07) is 6.71. The highest BCUT2D eigenvalue weighted by atomic mass is 16.5. The molecule has 0 spiro atoms. The minimum atomic E-state index is -0.722. The molecule has 0 radical (unpaired) electrons. The highest BCUT2D eigenvalue weighted by Crippen LogP contribution is 2.19. The zero-order valence-electron chi connectivity index (χ0n) is 17.5. The van der Waals surface area contributed by atoms with Crippen molar-refractivity contribution in [2.75, 3.05) is 6.61 Å². The molecule has 5 nitrogen and oxygen atoms in total. The molecule has 2 rings (SSSR count). The summed E-state index contributed by atoms with van der Waals surface area (Å²) in [6.45, 7) is 2.66. The summed E-state index contributed by atoms with van der Waals surface area (Å²) in [5.74, 6) is -1.18. The quantitative estimate of drug-likeness (QED) is 0.198. The van der Waals surface area contributed by atoms with Crippen molar-refractivity contribution in [3.8, 4) is 0 Å². The standard InChI is InChI=1S/C24H33NO4/c1-2-3-4-5-6-7-8-9-17-29-24(28)19-13-15-20(16-14-19)25-18-21-22(26)11-10-12-23(21)27/h13-16,18,21H,2-12,17H2,1H3. The number of esters is 1. The van der Waals surface area contributed by atoms with E-state index in [-0.39, 0.29) is 17.5 Å². The SMILES string of the molecule is CCCCCCCCCCOC(=O)c1ccc(N=CC2C(=O)CCCC2=O)cc1. The number of ketones is 2. The van der Waals surface area contributed by atoms with Gasteiger partial charge in [-0.2, -0.15) is 0 Å². The van der Waals surface area contributed by atoms with Gasteiger partial charge in [-0.15, -0.1) is 0 Å². The molecule has 1 aromatic carbocycles. The van der Waals surface area contributed by atoms with E-state index in [0.717, 1.165) is 12.8 Å². The molecule has 0 N–H and O–H groups in total. The lowest BCUT2D eigenvalue weighted by Gasteiger charge is -2.14. The lowest BCUT2D eigenvalue weighted by atomic mass is 9.87. The lowest BCUT2D eigenvalue weighted by molar-refractivity contribution is -0.132. The van der Waals surface area contributed by atoms with Crippen molar-refractivity contribution in [1.29, 1.82) is 0 Å². The monoisotopic (exact) mass is 399 g/mol. The zero-order valence-corrected chi connectivity index (χ0v) is 17.5. The molecule has 5 heteroatoms. The third-order valence-corrected chi connectivity index (χ3v) is 5.25. The average molecular weight is 400 g/mol. The fourth-order valence-electron chi connectivity index (χ4n) is 3.42. The van der Waals surface area contributed by atoms with Gasteiger partial charge in [0.2, 0.25) is 0 Å². The molecule has 158 valence electrons. The summed E-state index contributed by atoms with van der Waals surface area (Å²) in [7, 11) is 0. The van der Waals surface area contributed by atoms with Crippen molar-refractivity contribution in [3.63, 3.8) is 0 Å². The van der Waals surface area contributed by atoms with Crippen molar-refractivity contribution >= 4 is 29.4 Å². The van der Waals surface area contributed by atoms with E-state index in [9.17, 15) is 14.4 Å². The van der Waals surface area contributed by atoms with E-state index >= 15 is 0 Å². The lowest BCUT2D eigenvalue weighted by Crippen LogP contribution is -2.29. The maximum Gasteiger partial charge on any atom is 0.338 e. The maximum atomic E-state index is 12.1. The number of Topliss-reactive ketones (excluding diaryl/α,β-unsaturated/α-hetero) is 2. The first-order chi connectivity index (χ1) is 14.1. The molecule has 0 unspecified atom stereocenters. The Balaban J connectivity index is 1.68. The smallest absolute Gasteiger partial charge is 0.338 e. The van der Waals surface area contributed by atoms with Gasteiger partial charge in [-0.05, 0) is 37.1 Å². The van der Waals surface area contributed by atoms with Gasteiger partial charge in [-0.3, -0.25) is 14.6 Å². The summed E-state index contributed by atoms with van der Waals surface area (Å²) in [6.07, 6.45) is 12.6. The number of carbonyl (C=O) groups is 3. The molecule has 0 aromatic heterocycles. The summed E-state index contributed by atoms with van der Waals surface area (Å²) in [5.41, 5.74) is 1.09. The Bertz CT molecular complexity index is 677. The van der Waals surface area contributed by atoms with Gasteiger partial charge in [0, 0.05) is 19.1 Å². The molecule has 0 aliphatic heterocycles. The van der Waals surface area contributed by atoms with Crippen LogP contribution in [0.25, 0.3) is 0 Å². The van der Waals surface area contributed by atoms with Crippen LogP contribution in [0.1, 0.15) is 87.9 Å². The molecule has 1 saturated carbocycles. The fourth-order valence-corrected chi connectivity index (χ4v) is 3.42. The predicted molar refractivity (Wildman–Crippen MR) is 115 cm³/mol. The topological polar surface area (TPSA) is 72.8 Å². The summed E-state index contributed by atoms with van der Waals surface area (Å²) in [5, 5.41) is 0. The van der Waals surface area contributed by atoms with Crippen LogP contribution in [0.3, 0.4) is 0 Å². The van der Waals surface area contributed by atoms with Crippen LogP contribution in [0.4, 0.5) is 5.69 Å². The first kappa shape index (κ1) is 23.0. The summed E-state index contributed by atoms with van der Waals surface area (Å²) < 4.78 is 5.33. The van der Waals surface area contributed by atoms with Crippen LogP contribution >= 0.6 is 0 Å². The van der Waals surface area contributed by atoms with Crippen LogP contribution in [0.5, 0.6) is 0 Å². The molecular weight excluding hydrogens is 366 g/mol. The van der Waals surface area contributed by atoms with Crippen LogP contribution in [0.15, 0.2) is 29.3 Å². The Morgan fingerprint density at radius 2 is 1.55 bits per heavy atom. The third-order valence-electron chi connectivity index (χ3n) is 5.25. The molecule has 0 amide bonds. The molecule has 1 aliphatic carbocycles. The number of hydrogen-bond acceptors (Lipinski definition) is 5. The maximum absolute atomic E-state index is 12.1. The predicted octanol–water partition coefficient (Wildman–Crippen LogP) is 5.62. The molecule has 0 atom stereocenters. The van der Waals surface area contributed by atoms with Gasteiger partial charge in [-0.1, -0.05) is 51.9 Å². The van der Waals surface area contributed by atoms with Crippen LogP contribution in [-0.2, 0) is 14.3 Å². The fraction of sp³-hybridized carbons (Fsp3) is 0.583. The van der Waals surface area contributed by atoms with E-state index in [4.69, 9.17) is 4.74 Å². The number of benzene rings is 1. The zero-order chi connectivity index (χ0) is 20.9. The number of aliphatic imine (C=N–C) groups is 1. The molecule has 1 aliphatic rings. The van der Waals surface area contributed by atoms with Crippen LogP contribution in [0, 0.1) is 5.92 Å². The number of nitrogens with zero attached hydrogens (tertiary/aromatic N) is 1. The molecular formula is C24H33NO4. The van der Waals surface area contributed by atoms with Crippen molar-refractivity contribution in [2.45, 2.75) is 77.6 Å². The van der Waals surface area contributed by atoms with Crippen LogP contribution < -0.4 is 0 Å². The second-order valence-corrected chi connectivity index (χ2v) is 7.70. The van der Waals surface area contributed by atoms with E-state index in [2.05, 4.69) is 11.9 Å². The van der Waals surface area contributed by atoms with Gasteiger partial charge in [0.25, 0.3) is 0 Å². The number of unbranched alkanes of at least 4 members (excludes halogenated alkanes) is 7. The van der Waals surface area contributed by atoms with Gasteiger partial charge in [0.05, 0.1) is 17.9 Å². The van der Waals surface area contributed by atoms with Crippen LogP contribution in [-0.4, -0.2) is 30.4 Å². The number of hydrogen-bond donors (Lipinski definition) is 0. The van der Waals surface area contributed by atoms with Gasteiger partial charge in [-0.25, -0.2) is 4.79 Å². The van der Waals surface area contributed by atoms with Crippen molar-refractivity contribution in [1.82, 2.24) is 0 Å². The van der Waals surface area contributed by atoms with E-state index in [0.29, 0.717) is 37.1 Å². The Morgan fingerprint density at radius 1 is 0.966 bits per heavy atom. The molecule has 0 heterocycles. The summed E-state index contributed by atoms with van der Waals surface area (Å²) in [4.78, 5) is 40.0. The molecule has 1 fully saturated rings. The Labute approximate surface area is 173 Å². The van der Waals surface area contributed by atoms with Gasteiger partial charge in [0.15, 0.2) is 0 Å². The highest BCUT2D eigenvalue weighted by Gasteiger charge is 2.28. The van der Waals surface area contributed by atoms with E-state index in [1.54, 1.807) is 24.3 Å². The first-order valence-corrected chi connectivity index (χ1v) is 11.0. The van der Waals surface area contributed by atoms with Gasteiger partial charge in [0.1, 0.15) is 17.5 Å². The molecule has 0 saturated heterocycles. The Kier molecular flexibility index (Phi) is 10.3. The van der Waals surface area contributed by atoms with Crippen molar-refractivity contribution in [2.24, 2.45) is 10.9 Å². The Morgan fingerprint density at radius 3 is 2.17 bits per heavy atom. The van der Waals surface area contributed by atoms with E-state index in [1.165, 1.54) is 44.7 Å². The van der Waals surface area contributed by atoms with Crippen molar-refractivity contribution in [3.05, 3.63) is 29.8 Å². The Hall–Kier alpha value is -2.30. The van der Waals surface area contributed by atoms with Gasteiger partial charge < -0.3 is 4.74 Å². The molecule has 0 bridgehead atoms. The number of ether oxygens (including phenoxy) is 1. The average Bonchev–Trinajstić information content (AvgIpc) is 2.72. The van der Waals surface area contributed by atoms with E-state index in [1.807, 2.05) is 0 Å². The second-order valence-electron chi connectivity index (χ2n) is 7.70. The normalized spacial score (nSPS) is 15.2. The van der Waals surface area contributed by atoms with Crippen LogP contribution in [0.2, 0.25) is 0 Å². The summed E-state index contributed by atoms with van der Waals surface area (Å²) >= 11 is 0. The second kappa shape index (κ2) is 13.0. The molecule has 1 aromatic rings. The largest absolute Gasteiger partial charge is 0.462 e. The highest BCUT2D eigenvalue weighted by molar-refractivity contribution is 6.16. The van der Waals surface area contributed by atoms with Gasteiger partial charge >= 0.3 is 5.97 Å². The minimum Gasteiger partial charge on any atom is -0.462 e. The minimum absolute atomic E-state index is 0.0637. The van der Waals surface area contributed by atoms with Crippen molar-refractivity contribution < 1.29 is 19.1 Å². The third kappa shape index (κ3) is 8.30. The number of carbonyl (C=O) groups excluding carboxylic acids is 3. The number of rotatable bonds is 12. The molecule has 29 heavy (non-hydrogen) atoms.